The molecular formula is C24H31N3O2. The van der Waals surface area contributed by atoms with Crippen LogP contribution in [0.1, 0.15) is 37.1 Å². The molecule has 29 heavy (non-hydrogen) atoms. The van der Waals surface area contributed by atoms with Gasteiger partial charge in [0.1, 0.15) is 5.75 Å². The lowest BCUT2D eigenvalue weighted by molar-refractivity contribution is 0.281. The van der Waals surface area contributed by atoms with E-state index in [1.54, 1.807) is 0 Å². The molecule has 5 heteroatoms. The highest BCUT2D eigenvalue weighted by Gasteiger charge is 2.08. The molecule has 0 atom stereocenters. The summed E-state index contributed by atoms with van der Waals surface area (Å²) in [6.07, 6.45) is 6.36. The summed E-state index contributed by atoms with van der Waals surface area (Å²) < 4.78 is 11.6. The Bertz CT molecular complexity index is 829. The van der Waals surface area contributed by atoms with Crippen LogP contribution in [0.25, 0.3) is 11.5 Å². The molecule has 3 rings (SSSR count). The number of benzene rings is 2. The third kappa shape index (κ3) is 7.35. The SMILES string of the molecule is CN(C)CCCOc1ccc(-c2nnc(CCCCCc3ccccc3)o2)cc1. The van der Waals surface area contributed by atoms with Crippen LogP contribution < -0.4 is 4.74 Å². The fourth-order valence-electron chi connectivity index (χ4n) is 3.16. The van der Waals surface area contributed by atoms with Crippen LogP contribution in [-0.2, 0) is 12.8 Å². The van der Waals surface area contributed by atoms with Crippen molar-refractivity contribution in [3.8, 4) is 17.2 Å². The van der Waals surface area contributed by atoms with Crippen molar-refractivity contribution < 1.29 is 9.15 Å². The van der Waals surface area contributed by atoms with Gasteiger partial charge in [-0.15, -0.1) is 10.2 Å². The highest BCUT2D eigenvalue weighted by Crippen LogP contribution is 2.22. The van der Waals surface area contributed by atoms with Gasteiger partial charge >= 0.3 is 0 Å². The van der Waals surface area contributed by atoms with E-state index in [4.69, 9.17) is 9.15 Å². The van der Waals surface area contributed by atoms with E-state index in [9.17, 15) is 0 Å². The average Bonchev–Trinajstić information content (AvgIpc) is 3.21. The summed E-state index contributed by atoms with van der Waals surface area (Å²) in [5.41, 5.74) is 2.33. The summed E-state index contributed by atoms with van der Waals surface area (Å²) in [4.78, 5) is 2.16. The monoisotopic (exact) mass is 393 g/mol. The van der Waals surface area contributed by atoms with Crippen LogP contribution in [0.4, 0.5) is 0 Å². The molecule has 0 amide bonds. The molecule has 2 aromatic carbocycles. The number of rotatable bonds is 12. The standard InChI is InChI=1S/C24H31N3O2/c1-27(2)18-9-19-28-22-16-14-21(15-17-22)24-26-25-23(29-24)13-8-4-7-12-20-10-5-3-6-11-20/h3,5-6,10-11,14-17H,4,7-9,12-13,18-19H2,1-2H3. The minimum absolute atomic E-state index is 0.573. The van der Waals surface area contributed by atoms with E-state index in [-0.39, 0.29) is 0 Å². The third-order valence-electron chi connectivity index (χ3n) is 4.79. The summed E-state index contributed by atoms with van der Waals surface area (Å²) in [5.74, 6) is 2.15. The molecule has 0 fully saturated rings. The summed E-state index contributed by atoms with van der Waals surface area (Å²) in [5, 5.41) is 8.39. The van der Waals surface area contributed by atoms with Crippen molar-refractivity contribution >= 4 is 0 Å². The Balaban J connectivity index is 1.38. The molecule has 0 aliphatic rings. The van der Waals surface area contributed by atoms with Crippen molar-refractivity contribution in [3.05, 3.63) is 66.1 Å². The van der Waals surface area contributed by atoms with E-state index < -0.39 is 0 Å². The predicted molar refractivity (Wildman–Crippen MR) is 116 cm³/mol. The second-order valence-electron chi connectivity index (χ2n) is 7.58. The van der Waals surface area contributed by atoms with E-state index in [1.165, 1.54) is 12.0 Å². The zero-order valence-corrected chi connectivity index (χ0v) is 17.5. The normalized spacial score (nSPS) is 11.1. The summed E-state index contributed by atoms with van der Waals surface area (Å²) in [7, 11) is 4.14. The van der Waals surface area contributed by atoms with Crippen molar-refractivity contribution in [2.75, 3.05) is 27.2 Å². The number of aryl methyl sites for hydroxylation is 2. The Labute approximate surface area is 173 Å². The van der Waals surface area contributed by atoms with Crippen molar-refractivity contribution in [2.45, 2.75) is 38.5 Å². The minimum Gasteiger partial charge on any atom is -0.494 e. The quantitative estimate of drug-likeness (QED) is 0.404. The molecule has 0 saturated carbocycles. The Morgan fingerprint density at radius 1 is 0.828 bits per heavy atom. The first-order valence-corrected chi connectivity index (χ1v) is 10.4. The maximum atomic E-state index is 5.83. The van der Waals surface area contributed by atoms with Crippen LogP contribution in [0.2, 0.25) is 0 Å². The predicted octanol–water partition coefficient (Wildman–Crippen LogP) is 5.02. The largest absolute Gasteiger partial charge is 0.494 e. The highest BCUT2D eigenvalue weighted by atomic mass is 16.5. The maximum absolute atomic E-state index is 5.83. The lowest BCUT2D eigenvalue weighted by Crippen LogP contribution is -2.15. The summed E-state index contributed by atoms with van der Waals surface area (Å²) >= 11 is 0. The average molecular weight is 394 g/mol. The summed E-state index contributed by atoms with van der Waals surface area (Å²) in [6.45, 7) is 1.74. The van der Waals surface area contributed by atoms with Crippen LogP contribution in [0.5, 0.6) is 5.75 Å². The van der Waals surface area contributed by atoms with Crippen molar-refractivity contribution in [1.82, 2.24) is 15.1 Å². The molecule has 0 unspecified atom stereocenters. The van der Waals surface area contributed by atoms with Gasteiger partial charge in [0.15, 0.2) is 0 Å². The molecule has 1 aromatic heterocycles. The number of ether oxygens (including phenoxy) is 1. The van der Waals surface area contributed by atoms with Crippen molar-refractivity contribution in [3.63, 3.8) is 0 Å². The van der Waals surface area contributed by atoms with Crippen LogP contribution >= 0.6 is 0 Å². The number of hydrogen-bond donors (Lipinski definition) is 0. The molecule has 0 radical (unpaired) electrons. The van der Waals surface area contributed by atoms with E-state index >= 15 is 0 Å². The van der Waals surface area contributed by atoms with Gasteiger partial charge in [0.05, 0.1) is 6.61 Å². The van der Waals surface area contributed by atoms with E-state index in [1.807, 2.05) is 24.3 Å². The highest BCUT2D eigenvalue weighted by molar-refractivity contribution is 5.53. The van der Waals surface area contributed by atoms with Gasteiger partial charge < -0.3 is 14.1 Å². The van der Waals surface area contributed by atoms with E-state index in [0.29, 0.717) is 18.4 Å². The Morgan fingerprint density at radius 2 is 1.59 bits per heavy atom. The Morgan fingerprint density at radius 3 is 2.34 bits per heavy atom. The Kier molecular flexibility index (Phi) is 8.25. The van der Waals surface area contributed by atoms with Crippen LogP contribution in [0, 0.1) is 0 Å². The van der Waals surface area contributed by atoms with Crippen molar-refractivity contribution in [2.24, 2.45) is 0 Å². The molecule has 5 nitrogen and oxygen atoms in total. The maximum Gasteiger partial charge on any atom is 0.247 e. The van der Waals surface area contributed by atoms with Gasteiger partial charge in [0.25, 0.3) is 0 Å². The van der Waals surface area contributed by atoms with Gasteiger partial charge in [0, 0.05) is 18.5 Å². The molecule has 154 valence electrons. The number of hydrogen-bond acceptors (Lipinski definition) is 5. The van der Waals surface area contributed by atoms with Gasteiger partial charge in [-0.3, -0.25) is 0 Å². The molecule has 0 aliphatic heterocycles. The number of nitrogens with zero attached hydrogens (tertiary/aromatic N) is 3. The fraction of sp³-hybridized carbons (Fsp3) is 0.417. The fourth-order valence-corrected chi connectivity index (χ4v) is 3.16. The topological polar surface area (TPSA) is 51.4 Å². The second kappa shape index (κ2) is 11.4. The van der Waals surface area contributed by atoms with Gasteiger partial charge in [-0.05, 0) is 69.6 Å². The minimum atomic E-state index is 0.573. The molecule has 3 aromatic rings. The molecule has 0 bridgehead atoms. The van der Waals surface area contributed by atoms with Crippen LogP contribution in [0.3, 0.4) is 0 Å². The first kappa shape index (κ1) is 21.1. The van der Waals surface area contributed by atoms with Gasteiger partial charge in [-0.2, -0.15) is 0 Å². The smallest absolute Gasteiger partial charge is 0.247 e. The summed E-state index contributed by atoms with van der Waals surface area (Å²) in [6, 6.07) is 18.5. The van der Waals surface area contributed by atoms with Gasteiger partial charge in [-0.1, -0.05) is 36.8 Å². The zero-order chi connectivity index (χ0) is 20.3. The Hall–Kier alpha value is -2.66. The van der Waals surface area contributed by atoms with E-state index in [2.05, 4.69) is 59.5 Å². The van der Waals surface area contributed by atoms with Crippen molar-refractivity contribution in [1.29, 1.82) is 0 Å². The molecular weight excluding hydrogens is 362 g/mol. The molecule has 1 heterocycles. The first-order valence-electron chi connectivity index (χ1n) is 10.4. The number of unbranched alkanes of at least 4 members (excludes halogenated alkanes) is 2. The van der Waals surface area contributed by atoms with Gasteiger partial charge in [0.2, 0.25) is 11.8 Å². The van der Waals surface area contributed by atoms with Crippen LogP contribution in [0.15, 0.2) is 59.0 Å². The molecule has 0 N–H and O–H groups in total. The molecule has 0 aliphatic carbocycles. The van der Waals surface area contributed by atoms with Gasteiger partial charge in [-0.25, -0.2) is 0 Å². The van der Waals surface area contributed by atoms with Crippen LogP contribution in [-0.4, -0.2) is 42.3 Å². The third-order valence-corrected chi connectivity index (χ3v) is 4.79. The zero-order valence-electron chi connectivity index (χ0n) is 17.5. The van der Waals surface area contributed by atoms with E-state index in [0.717, 1.165) is 50.0 Å². The lowest BCUT2D eigenvalue weighted by atomic mass is 10.1. The second-order valence-corrected chi connectivity index (χ2v) is 7.58. The molecule has 0 spiro atoms. The molecule has 0 saturated heterocycles. The lowest BCUT2D eigenvalue weighted by Gasteiger charge is -2.10. The number of aromatic nitrogens is 2. The first-order chi connectivity index (χ1) is 14.2.